The summed E-state index contributed by atoms with van der Waals surface area (Å²) in [6.45, 7) is 3.78. The summed E-state index contributed by atoms with van der Waals surface area (Å²) in [7, 11) is 1.65. The highest BCUT2D eigenvalue weighted by molar-refractivity contribution is 8.01. The molecule has 1 fully saturated rings. The van der Waals surface area contributed by atoms with Crippen LogP contribution in [0.2, 0.25) is 0 Å². The van der Waals surface area contributed by atoms with Crippen molar-refractivity contribution in [1.29, 1.82) is 0 Å². The van der Waals surface area contributed by atoms with E-state index < -0.39 is 0 Å². The van der Waals surface area contributed by atoms with E-state index >= 15 is 0 Å². The normalized spacial score (nSPS) is 15.4. The maximum absolute atomic E-state index is 12.5. The molecule has 3 rings (SSSR count). The number of rotatable bonds is 6. The number of methoxy groups -OCH3 is 1. The number of amides is 1. The van der Waals surface area contributed by atoms with Crippen LogP contribution in [0.5, 0.6) is 5.75 Å². The topological polar surface area (TPSA) is 42.4 Å². The third-order valence-corrected chi connectivity index (χ3v) is 6.89. The van der Waals surface area contributed by atoms with E-state index in [2.05, 4.69) is 10.4 Å². The number of aryl methyl sites for hydroxylation is 1. The highest BCUT2D eigenvalue weighted by Gasteiger charge is 2.23. The van der Waals surface area contributed by atoms with Crippen molar-refractivity contribution in [2.24, 2.45) is 5.92 Å². The van der Waals surface area contributed by atoms with E-state index in [1.165, 1.54) is 0 Å². The SMILES string of the molecule is COc1ccc(CC(=O)N2CCC(CSc3nc(C)cs3)CC2)cc1. The summed E-state index contributed by atoms with van der Waals surface area (Å²) in [5.41, 5.74) is 2.15. The fourth-order valence-electron chi connectivity index (χ4n) is 2.97. The van der Waals surface area contributed by atoms with Crippen LogP contribution >= 0.6 is 23.1 Å². The van der Waals surface area contributed by atoms with E-state index in [0.29, 0.717) is 12.3 Å². The Morgan fingerprint density at radius 2 is 2.04 bits per heavy atom. The average molecular weight is 377 g/mol. The molecule has 0 N–H and O–H groups in total. The van der Waals surface area contributed by atoms with Gasteiger partial charge in [-0.25, -0.2) is 4.98 Å². The molecule has 1 amide bonds. The van der Waals surface area contributed by atoms with Crippen molar-refractivity contribution >= 4 is 29.0 Å². The van der Waals surface area contributed by atoms with Gasteiger partial charge in [0.25, 0.3) is 0 Å². The van der Waals surface area contributed by atoms with Crippen molar-refractivity contribution in [1.82, 2.24) is 9.88 Å². The van der Waals surface area contributed by atoms with Crippen LogP contribution in [0.25, 0.3) is 0 Å². The number of thiazole rings is 1. The van der Waals surface area contributed by atoms with Gasteiger partial charge in [-0.3, -0.25) is 4.79 Å². The second-order valence-electron chi connectivity index (χ2n) is 6.41. The fourth-order valence-corrected chi connectivity index (χ4v) is 5.03. The van der Waals surface area contributed by atoms with E-state index in [-0.39, 0.29) is 5.91 Å². The lowest BCUT2D eigenvalue weighted by atomic mass is 9.98. The van der Waals surface area contributed by atoms with Crippen LogP contribution in [-0.4, -0.2) is 41.7 Å². The monoisotopic (exact) mass is 376 g/mol. The van der Waals surface area contributed by atoms with Gasteiger partial charge < -0.3 is 9.64 Å². The number of carbonyl (C=O) groups excluding carboxylic acids is 1. The molecule has 6 heteroatoms. The van der Waals surface area contributed by atoms with Gasteiger partial charge >= 0.3 is 0 Å². The van der Waals surface area contributed by atoms with Crippen molar-refractivity contribution in [3.8, 4) is 5.75 Å². The fraction of sp³-hybridized carbons (Fsp3) is 0.474. The first-order valence-electron chi connectivity index (χ1n) is 8.59. The van der Waals surface area contributed by atoms with Gasteiger partial charge in [0.05, 0.1) is 13.5 Å². The van der Waals surface area contributed by atoms with Crippen molar-refractivity contribution in [2.45, 2.75) is 30.5 Å². The molecule has 0 bridgehead atoms. The molecule has 1 aromatic carbocycles. The Hall–Kier alpha value is -1.53. The lowest BCUT2D eigenvalue weighted by molar-refractivity contribution is -0.131. The Bertz CT molecular complexity index is 692. The largest absolute Gasteiger partial charge is 0.497 e. The maximum atomic E-state index is 12.5. The molecular formula is C19H24N2O2S2. The van der Waals surface area contributed by atoms with Crippen LogP contribution in [0.1, 0.15) is 24.1 Å². The summed E-state index contributed by atoms with van der Waals surface area (Å²) in [5, 5.41) is 2.10. The number of ether oxygens (including phenoxy) is 1. The molecular weight excluding hydrogens is 352 g/mol. The van der Waals surface area contributed by atoms with Gasteiger partial charge in [0.15, 0.2) is 0 Å². The Morgan fingerprint density at radius 1 is 1.32 bits per heavy atom. The molecule has 134 valence electrons. The van der Waals surface area contributed by atoms with E-state index in [1.54, 1.807) is 18.4 Å². The zero-order valence-corrected chi connectivity index (χ0v) is 16.4. The Kier molecular flexibility index (Phi) is 6.37. The van der Waals surface area contributed by atoms with E-state index in [0.717, 1.165) is 53.0 Å². The van der Waals surface area contributed by atoms with Crippen LogP contribution in [-0.2, 0) is 11.2 Å². The Labute approximate surface area is 157 Å². The lowest BCUT2D eigenvalue weighted by Crippen LogP contribution is -2.39. The van der Waals surface area contributed by atoms with E-state index in [9.17, 15) is 4.79 Å². The summed E-state index contributed by atoms with van der Waals surface area (Å²) in [6.07, 6.45) is 2.65. The number of thioether (sulfide) groups is 1. The van der Waals surface area contributed by atoms with Gasteiger partial charge in [-0.15, -0.1) is 11.3 Å². The highest BCUT2D eigenvalue weighted by atomic mass is 32.2. The summed E-state index contributed by atoms with van der Waals surface area (Å²) in [6, 6.07) is 7.76. The molecule has 0 radical (unpaired) electrons. The van der Waals surface area contributed by atoms with Crippen LogP contribution in [0.4, 0.5) is 0 Å². The molecule has 1 aliphatic rings. The molecule has 2 aromatic rings. The number of carbonyl (C=O) groups is 1. The smallest absolute Gasteiger partial charge is 0.226 e. The molecule has 2 heterocycles. The van der Waals surface area contributed by atoms with Crippen LogP contribution in [0.3, 0.4) is 0 Å². The zero-order valence-electron chi connectivity index (χ0n) is 14.7. The number of nitrogens with zero attached hydrogens (tertiary/aromatic N) is 2. The molecule has 0 atom stereocenters. The number of hydrogen-bond donors (Lipinski definition) is 0. The molecule has 1 aromatic heterocycles. The number of hydrogen-bond acceptors (Lipinski definition) is 5. The number of piperidine rings is 1. The summed E-state index contributed by atoms with van der Waals surface area (Å²) < 4.78 is 6.32. The minimum Gasteiger partial charge on any atom is -0.497 e. The molecule has 1 aliphatic heterocycles. The molecule has 4 nitrogen and oxygen atoms in total. The molecule has 0 spiro atoms. The minimum atomic E-state index is 0.229. The Morgan fingerprint density at radius 3 is 2.64 bits per heavy atom. The Balaban J connectivity index is 1.42. The quantitative estimate of drug-likeness (QED) is 0.714. The van der Waals surface area contributed by atoms with Gasteiger partial charge in [0, 0.05) is 29.9 Å². The van der Waals surface area contributed by atoms with Crippen molar-refractivity contribution in [3.63, 3.8) is 0 Å². The second-order valence-corrected chi connectivity index (χ2v) is 8.54. The molecule has 1 saturated heterocycles. The first-order valence-corrected chi connectivity index (χ1v) is 10.5. The third-order valence-electron chi connectivity index (χ3n) is 4.52. The van der Waals surface area contributed by atoms with Crippen molar-refractivity contribution < 1.29 is 9.53 Å². The first-order chi connectivity index (χ1) is 12.1. The number of benzene rings is 1. The number of aromatic nitrogens is 1. The van der Waals surface area contributed by atoms with Crippen molar-refractivity contribution in [3.05, 3.63) is 40.9 Å². The standard InChI is InChI=1S/C19H24N2O2S2/c1-14-12-24-19(20-14)25-13-16-7-9-21(10-8-16)18(22)11-15-3-5-17(23-2)6-4-15/h3-6,12,16H,7-11,13H2,1-2H3. The third kappa shape index (κ3) is 5.22. The molecule has 0 aliphatic carbocycles. The number of likely N-dealkylation sites (tertiary alicyclic amines) is 1. The van der Waals surface area contributed by atoms with Crippen LogP contribution in [0, 0.1) is 12.8 Å². The summed E-state index contributed by atoms with van der Waals surface area (Å²) in [4.78, 5) is 19.0. The zero-order chi connectivity index (χ0) is 17.6. The van der Waals surface area contributed by atoms with Gasteiger partial charge in [-0.05, 0) is 43.4 Å². The van der Waals surface area contributed by atoms with Crippen LogP contribution < -0.4 is 4.74 Å². The van der Waals surface area contributed by atoms with Gasteiger partial charge in [-0.2, -0.15) is 0 Å². The molecule has 25 heavy (non-hydrogen) atoms. The van der Waals surface area contributed by atoms with Gasteiger partial charge in [-0.1, -0.05) is 23.9 Å². The summed E-state index contributed by atoms with van der Waals surface area (Å²) in [5.74, 6) is 2.84. The minimum absolute atomic E-state index is 0.229. The predicted octanol–water partition coefficient (Wildman–Crippen LogP) is 4.03. The van der Waals surface area contributed by atoms with Crippen LogP contribution in [0.15, 0.2) is 34.0 Å². The second kappa shape index (κ2) is 8.72. The van der Waals surface area contributed by atoms with Gasteiger partial charge in [0.1, 0.15) is 10.1 Å². The highest BCUT2D eigenvalue weighted by Crippen LogP contribution is 2.28. The van der Waals surface area contributed by atoms with E-state index in [1.807, 2.05) is 47.9 Å². The molecule has 0 unspecified atom stereocenters. The maximum Gasteiger partial charge on any atom is 0.226 e. The average Bonchev–Trinajstić information content (AvgIpc) is 3.06. The first kappa shape index (κ1) is 18.3. The van der Waals surface area contributed by atoms with E-state index in [4.69, 9.17) is 4.74 Å². The van der Waals surface area contributed by atoms with Gasteiger partial charge in [0.2, 0.25) is 5.91 Å². The predicted molar refractivity (Wildman–Crippen MR) is 104 cm³/mol. The lowest BCUT2D eigenvalue weighted by Gasteiger charge is -2.32. The molecule has 0 saturated carbocycles. The summed E-state index contributed by atoms with van der Waals surface area (Å²) >= 11 is 3.58. The van der Waals surface area contributed by atoms with Crippen molar-refractivity contribution in [2.75, 3.05) is 26.0 Å².